The fourth-order valence-corrected chi connectivity index (χ4v) is 3.36. The van der Waals surface area contributed by atoms with Crippen molar-refractivity contribution < 1.29 is 24.7 Å². The number of hydrogen-bond donors (Lipinski definition) is 2. The largest absolute Gasteiger partial charge is 0.512 e. The lowest BCUT2D eigenvalue weighted by Gasteiger charge is -2.15. The molecule has 0 fully saturated rings. The van der Waals surface area contributed by atoms with Gasteiger partial charge in [0.15, 0.2) is 11.6 Å². The first kappa shape index (κ1) is 17.6. The highest BCUT2D eigenvalue weighted by atomic mass is 16.6. The Hall–Kier alpha value is -3.22. The first-order valence-electron chi connectivity index (χ1n) is 8.22. The second-order valence-corrected chi connectivity index (χ2v) is 6.22. The summed E-state index contributed by atoms with van der Waals surface area (Å²) in [6.45, 7) is 0. The maximum Gasteiger partial charge on any atom is 0.276 e. The van der Waals surface area contributed by atoms with Crippen LogP contribution in [-0.2, 0) is 9.59 Å². The normalized spacial score (nSPS) is 18.0. The molecule has 7 heteroatoms. The highest BCUT2D eigenvalue weighted by molar-refractivity contribution is 6.05. The lowest BCUT2D eigenvalue weighted by Crippen LogP contribution is -2.16. The number of hydrogen-bond acceptors (Lipinski definition) is 6. The van der Waals surface area contributed by atoms with E-state index in [1.807, 2.05) is 0 Å². The number of rotatable bonds is 5. The highest BCUT2D eigenvalue weighted by Gasteiger charge is 2.37. The lowest BCUT2D eigenvalue weighted by molar-refractivity contribution is -0.385. The molecule has 0 heterocycles. The zero-order valence-corrected chi connectivity index (χ0v) is 13.8. The van der Waals surface area contributed by atoms with Crippen molar-refractivity contribution >= 4 is 23.3 Å². The Morgan fingerprint density at radius 2 is 1.50 bits per heavy atom. The predicted octanol–water partition coefficient (Wildman–Crippen LogP) is 3.57. The van der Waals surface area contributed by atoms with Gasteiger partial charge in [0, 0.05) is 48.8 Å². The zero-order chi connectivity index (χ0) is 18.8. The van der Waals surface area contributed by atoms with E-state index in [1.165, 1.54) is 24.3 Å². The summed E-state index contributed by atoms with van der Waals surface area (Å²) in [5, 5.41) is 31.4. The van der Waals surface area contributed by atoms with Crippen molar-refractivity contribution in [3.8, 4) is 0 Å². The van der Waals surface area contributed by atoms with Gasteiger partial charge < -0.3 is 10.2 Å². The molecule has 0 amide bonds. The third-order valence-corrected chi connectivity index (χ3v) is 4.62. The van der Waals surface area contributed by atoms with Gasteiger partial charge in [-0.3, -0.25) is 19.7 Å². The van der Waals surface area contributed by atoms with Gasteiger partial charge in [-0.15, -0.1) is 0 Å². The molecule has 0 atom stereocenters. The molecule has 26 heavy (non-hydrogen) atoms. The van der Waals surface area contributed by atoms with Gasteiger partial charge in [0.2, 0.25) is 0 Å². The fraction of sp³-hybridized carbons (Fsp3) is 0.263. The second-order valence-electron chi connectivity index (χ2n) is 6.22. The average molecular weight is 355 g/mol. The number of ketones is 2. The van der Waals surface area contributed by atoms with Gasteiger partial charge in [-0.25, -0.2) is 0 Å². The Bertz CT molecular complexity index is 853. The minimum Gasteiger partial charge on any atom is -0.512 e. The van der Waals surface area contributed by atoms with Crippen molar-refractivity contribution in [1.29, 1.82) is 0 Å². The third kappa shape index (κ3) is 3.15. The van der Waals surface area contributed by atoms with Crippen LogP contribution < -0.4 is 0 Å². The number of nitro benzene ring substituents is 1. The Kier molecular flexibility index (Phi) is 4.71. The highest BCUT2D eigenvalue weighted by Crippen LogP contribution is 2.38. The second kappa shape index (κ2) is 6.95. The summed E-state index contributed by atoms with van der Waals surface area (Å²) in [4.78, 5) is 35.0. The van der Waals surface area contributed by atoms with Gasteiger partial charge in [-0.2, -0.15) is 0 Å². The van der Waals surface area contributed by atoms with E-state index in [0.29, 0.717) is 5.56 Å². The van der Waals surface area contributed by atoms with Crippen LogP contribution in [0.2, 0.25) is 0 Å². The number of benzene rings is 1. The van der Waals surface area contributed by atoms with Crippen LogP contribution in [0.15, 0.2) is 53.0 Å². The smallest absolute Gasteiger partial charge is 0.276 e. The Morgan fingerprint density at radius 3 is 1.96 bits per heavy atom. The van der Waals surface area contributed by atoms with Crippen molar-refractivity contribution in [3.63, 3.8) is 0 Å². The van der Waals surface area contributed by atoms with Gasteiger partial charge in [-0.05, 0) is 6.07 Å². The number of para-hydroxylation sites is 1. The molecule has 7 nitrogen and oxygen atoms in total. The number of nitro groups is 1. The van der Waals surface area contributed by atoms with Gasteiger partial charge in [0.05, 0.1) is 10.5 Å². The maximum absolute atomic E-state index is 12.2. The molecule has 0 aromatic heterocycles. The molecular formula is C19H17NO6. The molecule has 134 valence electrons. The number of aliphatic hydroxyl groups excluding tert-OH is 2. The van der Waals surface area contributed by atoms with Crippen molar-refractivity contribution in [2.24, 2.45) is 5.92 Å². The van der Waals surface area contributed by atoms with E-state index >= 15 is 0 Å². The molecule has 0 bridgehead atoms. The van der Waals surface area contributed by atoms with Crippen LogP contribution in [-0.4, -0.2) is 26.7 Å². The lowest BCUT2D eigenvalue weighted by atomic mass is 9.87. The predicted molar refractivity (Wildman–Crippen MR) is 93.4 cm³/mol. The van der Waals surface area contributed by atoms with Gasteiger partial charge >= 0.3 is 0 Å². The number of allylic oxidation sites excluding steroid dienone is 5. The standard InChI is InChI=1S/C19H17NO6/c21-14-7-8-15(22)18(14)12(19-16(23)9-10-17(19)24)6-5-11-3-1-2-4-13(11)20(25)26/h1-6,12,21,23H,7-10H2/b6-5+. The van der Waals surface area contributed by atoms with Crippen molar-refractivity contribution in [1.82, 2.24) is 0 Å². The molecule has 2 N–H and O–H groups in total. The quantitative estimate of drug-likeness (QED) is 0.616. The molecule has 1 aromatic rings. The molecule has 2 aliphatic carbocycles. The Labute approximate surface area is 149 Å². The summed E-state index contributed by atoms with van der Waals surface area (Å²) < 4.78 is 0. The summed E-state index contributed by atoms with van der Waals surface area (Å²) in [6, 6.07) is 6.07. The van der Waals surface area contributed by atoms with E-state index in [-0.39, 0.29) is 65.6 Å². The molecule has 0 saturated heterocycles. The number of aliphatic hydroxyl groups is 2. The number of carbonyl (C=O) groups is 2. The van der Waals surface area contributed by atoms with Crippen LogP contribution in [0.25, 0.3) is 6.08 Å². The monoisotopic (exact) mass is 355 g/mol. The minimum atomic E-state index is -0.917. The van der Waals surface area contributed by atoms with Crippen LogP contribution >= 0.6 is 0 Å². The SMILES string of the molecule is O=C1CCC(O)=C1C(/C=C/c1ccccc1[N+](=O)[O-])C1=C(O)CCC1=O. The van der Waals surface area contributed by atoms with Crippen LogP contribution in [0.5, 0.6) is 0 Å². The molecule has 0 saturated carbocycles. The molecule has 3 rings (SSSR count). The summed E-state index contributed by atoms with van der Waals surface area (Å²) in [5.41, 5.74) is 0.348. The average Bonchev–Trinajstić information content (AvgIpc) is 3.12. The summed E-state index contributed by atoms with van der Waals surface area (Å²) >= 11 is 0. The Morgan fingerprint density at radius 1 is 0.962 bits per heavy atom. The topological polar surface area (TPSA) is 118 Å². The third-order valence-electron chi connectivity index (χ3n) is 4.62. The van der Waals surface area contributed by atoms with Gasteiger partial charge in [0.1, 0.15) is 11.5 Å². The van der Waals surface area contributed by atoms with E-state index in [4.69, 9.17) is 0 Å². The summed E-state index contributed by atoms with van der Waals surface area (Å²) in [5.74, 6) is -1.71. The molecule has 0 radical (unpaired) electrons. The molecule has 1 aromatic carbocycles. The minimum absolute atomic E-state index is 0.0802. The van der Waals surface area contributed by atoms with Crippen molar-refractivity contribution in [2.45, 2.75) is 25.7 Å². The zero-order valence-electron chi connectivity index (χ0n) is 13.8. The maximum atomic E-state index is 12.2. The summed E-state index contributed by atoms with van der Waals surface area (Å²) in [6.07, 6.45) is 3.56. The van der Waals surface area contributed by atoms with E-state index in [1.54, 1.807) is 12.1 Å². The number of nitrogens with zero attached hydrogens (tertiary/aromatic N) is 1. The van der Waals surface area contributed by atoms with Gasteiger partial charge in [-0.1, -0.05) is 24.3 Å². The van der Waals surface area contributed by atoms with Gasteiger partial charge in [0.25, 0.3) is 5.69 Å². The van der Waals surface area contributed by atoms with Crippen molar-refractivity contribution in [3.05, 3.63) is 68.7 Å². The van der Waals surface area contributed by atoms with E-state index in [2.05, 4.69) is 0 Å². The first-order valence-corrected chi connectivity index (χ1v) is 8.22. The van der Waals surface area contributed by atoms with E-state index in [0.717, 1.165) is 0 Å². The molecule has 0 unspecified atom stereocenters. The van der Waals surface area contributed by atoms with Crippen molar-refractivity contribution in [2.75, 3.05) is 0 Å². The Balaban J connectivity index is 2.07. The fourth-order valence-electron chi connectivity index (χ4n) is 3.36. The number of Topliss-reactive ketones (excluding diaryl/α,β-unsaturated/α-hetero) is 2. The molecule has 0 aliphatic heterocycles. The van der Waals surface area contributed by atoms with Crippen LogP contribution in [0.4, 0.5) is 5.69 Å². The molecule has 2 aliphatic rings. The summed E-state index contributed by atoms with van der Waals surface area (Å²) in [7, 11) is 0. The first-order chi connectivity index (χ1) is 12.4. The van der Waals surface area contributed by atoms with Crippen LogP contribution in [0.3, 0.4) is 0 Å². The molecule has 0 spiro atoms. The molecular weight excluding hydrogens is 338 g/mol. The van der Waals surface area contributed by atoms with E-state index < -0.39 is 10.8 Å². The number of carbonyl (C=O) groups excluding carboxylic acids is 2. The van der Waals surface area contributed by atoms with Crippen LogP contribution in [0, 0.1) is 16.0 Å². The van der Waals surface area contributed by atoms with E-state index in [9.17, 15) is 29.9 Å². The van der Waals surface area contributed by atoms with Crippen LogP contribution in [0.1, 0.15) is 31.2 Å².